The average Bonchev–Trinajstić information content (AvgIpc) is 2.75. The van der Waals surface area contributed by atoms with Crippen LogP contribution in [0.2, 0.25) is 0 Å². The SMILES string of the molecule is O=c1ncnc2n(C3CCOCC3)[nH]cc1-2. The minimum atomic E-state index is -0.230. The second-order valence-electron chi connectivity index (χ2n) is 3.90. The summed E-state index contributed by atoms with van der Waals surface area (Å²) < 4.78 is 7.26. The summed E-state index contributed by atoms with van der Waals surface area (Å²) in [4.78, 5) is 19.3. The van der Waals surface area contributed by atoms with Gasteiger partial charge < -0.3 is 9.84 Å². The number of ether oxygens (including phenoxy) is 1. The summed E-state index contributed by atoms with van der Waals surface area (Å²) in [5, 5.41) is 3.08. The van der Waals surface area contributed by atoms with E-state index in [9.17, 15) is 4.79 Å². The molecule has 0 saturated carbocycles. The molecular weight excluding hydrogens is 208 g/mol. The first-order valence-corrected chi connectivity index (χ1v) is 5.34. The van der Waals surface area contributed by atoms with Crippen molar-refractivity contribution in [1.29, 1.82) is 0 Å². The van der Waals surface area contributed by atoms with Gasteiger partial charge in [-0.3, -0.25) is 9.48 Å². The molecule has 1 saturated heterocycles. The maximum absolute atomic E-state index is 11.5. The molecule has 0 radical (unpaired) electrons. The summed E-state index contributed by atoms with van der Waals surface area (Å²) in [7, 11) is 0. The molecule has 84 valence electrons. The van der Waals surface area contributed by atoms with E-state index in [1.807, 2.05) is 4.68 Å². The number of aromatic nitrogens is 4. The molecule has 0 aromatic rings. The van der Waals surface area contributed by atoms with Crippen LogP contribution in [0.4, 0.5) is 0 Å². The zero-order chi connectivity index (χ0) is 11.0. The van der Waals surface area contributed by atoms with E-state index in [-0.39, 0.29) is 5.56 Å². The van der Waals surface area contributed by atoms with E-state index in [2.05, 4.69) is 15.1 Å². The Morgan fingerprint density at radius 3 is 3.00 bits per heavy atom. The van der Waals surface area contributed by atoms with Crippen molar-refractivity contribution in [2.75, 3.05) is 13.2 Å². The Morgan fingerprint density at radius 2 is 2.19 bits per heavy atom. The van der Waals surface area contributed by atoms with Crippen molar-refractivity contribution in [2.45, 2.75) is 18.9 Å². The number of nitrogens with one attached hydrogen (secondary N) is 1. The fraction of sp³-hybridized carbons (Fsp3) is 0.500. The highest BCUT2D eigenvalue weighted by atomic mass is 16.5. The fourth-order valence-electron chi connectivity index (χ4n) is 2.11. The van der Waals surface area contributed by atoms with Crippen LogP contribution in [-0.4, -0.2) is 33.0 Å². The Bertz CT molecular complexity index is 512. The predicted octanol–water partition coefficient (Wildman–Crippen LogP) is 0.423. The van der Waals surface area contributed by atoms with Crippen LogP contribution in [0.15, 0.2) is 17.3 Å². The minimum absolute atomic E-state index is 0.230. The summed E-state index contributed by atoms with van der Waals surface area (Å²) in [5.74, 6) is 0.687. The third kappa shape index (κ3) is 1.42. The highest BCUT2D eigenvalue weighted by molar-refractivity contribution is 5.53. The highest BCUT2D eigenvalue weighted by Crippen LogP contribution is 2.25. The van der Waals surface area contributed by atoms with Crippen molar-refractivity contribution in [2.24, 2.45) is 0 Å². The molecule has 0 unspecified atom stereocenters. The lowest BCUT2D eigenvalue weighted by Gasteiger charge is -2.23. The number of H-pyrrole nitrogens is 1. The van der Waals surface area contributed by atoms with Gasteiger partial charge in [-0.1, -0.05) is 0 Å². The lowest BCUT2D eigenvalue weighted by molar-refractivity contribution is 0.0665. The molecule has 0 amide bonds. The molecule has 3 heterocycles. The second kappa shape index (κ2) is 3.71. The van der Waals surface area contributed by atoms with Gasteiger partial charge in [0.05, 0.1) is 6.04 Å². The summed E-state index contributed by atoms with van der Waals surface area (Å²) in [5.41, 5.74) is 0.320. The number of hydrogen-bond donors (Lipinski definition) is 1. The minimum Gasteiger partial charge on any atom is -0.381 e. The van der Waals surface area contributed by atoms with Crippen LogP contribution >= 0.6 is 0 Å². The van der Waals surface area contributed by atoms with Gasteiger partial charge in [0.25, 0.3) is 5.56 Å². The van der Waals surface area contributed by atoms with Gasteiger partial charge in [-0.2, -0.15) is 4.98 Å². The fourth-order valence-corrected chi connectivity index (χ4v) is 2.11. The van der Waals surface area contributed by atoms with Gasteiger partial charge in [0.1, 0.15) is 11.9 Å². The molecule has 0 aromatic carbocycles. The summed E-state index contributed by atoms with van der Waals surface area (Å²) in [6.07, 6.45) is 4.87. The van der Waals surface area contributed by atoms with Gasteiger partial charge in [0.15, 0.2) is 5.82 Å². The molecule has 3 aliphatic heterocycles. The average molecular weight is 220 g/mol. The van der Waals surface area contributed by atoms with Gasteiger partial charge in [0, 0.05) is 19.4 Å². The van der Waals surface area contributed by atoms with Crippen molar-refractivity contribution in [1.82, 2.24) is 19.7 Å². The Kier molecular flexibility index (Phi) is 2.21. The number of nitrogens with zero attached hydrogens (tertiary/aromatic N) is 3. The molecule has 6 heteroatoms. The number of aromatic amines is 1. The third-order valence-corrected chi connectivity index (χ3v) is 2.96. The zero-order valence-electron chi connectivity index (χ0n) is 8.72. The van der Waals surface area contributed by atoms with E-state index in [0.29, 0.717) is 17.4 Å². The summed E-state index contributed by atoms with van der Waals surface area (Å²) in [6, 6.07) is 0.334. The second-order valence-corrected chi connectivity index (χ2v) is 3.90. The number of rotatable bonds is 1. The molecule has 0 atom stereocenters. The Morgan fingerprint density at radius 1 is 1.38 bits per heavy atom. The Balaban J connectivity index is 2.03. The van der Waals surface area contributed by atoms with Crippen LogP contribution in [0.1, 0.15) is 18.9 Å². The molecular formula is C10H12N4O2. The van der Waals surface area contributed by atoms with Crippen LogP contribution < -0.4 is 5.56 Å². The maximum atomic E-state index is 11.5. The van der Waals surface area contributed by atoms with Crippen molar-refractivity contribution < 1.29 is 4.74 Å². The van der Waals surface area contributed by atoms with Crippen LogP contribution in [0.5, 0.6) is 0 Å². The molecule has 3 rings (SSSR count). The van der Waals surface area contributed by atoms with Gasteiger partial charge in [-0.15, -0.1) is 0 Å². The molecule has 0 aromatic heterocycles. The lowest BCUT2D eigenvalue weighted by Crippen LogP contribution is -2.22. The van der Waals surface area contributed by atoms with E-state index in [1.54, 1.807) is 6.20 Å². The quantitative estimate of drug-likeness (QED) is 0.756. The van der Waals surface area contributed by atoms with Crippen LogP contribution in [0, 0.1) is 0 Å². The van der Waals surface area contributed by atoms with Gasteiger partial charge in [0.2, 0.25) is 0 Å². The van der Waals surface area contributed by atoms with E-state index in [0.717, 1.165) is 26.1 Å². The zero-order valence-corrected chi connectivity index (χ0v) is 8.72. The molecule has 1 N–H and O–H groups in total. The van der Waals surface area contributed by atoms with E-state index >= 15 is 0 Å². The first kappa shape index (κ1) is 9.53. The topological polar surface area (TPSA) is 72.8 Å². The monoisotopic (exact) mass is 220 g/mol. The first-order chi connectivity index (χ1) is 7.86. The Labute approximate surface area is 91.6 Å². The largest absolute Gasteiger partial charge is 0.381 e. The molecule has 3 aliphatic rings. The highest BCUT2D eigenvalue weighted by Gasteiger charge is 2.22. The van der Waals surface area contributed by atoms with Gasteiger partial charge in [-0.05, 0) is 12.8 Å². The molecule has 1 fully saturated rings. The van der Waals surface area contributed by atoms with Crippen LogP contribution in [0.3, 0.4) is 0 Å². The smallest absolute Gasteiger partial charge is 0.283 e. The standard InChI is InChI=1S/C10H12N4O2/c15-10-8-5-13-14(9(8)11-6-12-10)7-1-3-16-4-2-7/h5-7,13H,1-4H2. The third-order valence-electron chi connectivity index (χ3n) is 2.96. The maximum Gasteiger partial charge on any atom is 0.283 e. The van der Waals surface area contributed by atoms with Gasteiger partial charge >= 0.3 is 0 Å². The molecule has 0 spiro atoms. The summed E-state index contributed by atoms with van der Waals surface area (Å²) in [6.45, 7) is 1.51. The first-order valence-electron chi connectivity index (χ1n) is 5.34. The lowest BCUT2D eigenvalue weighted by atomic mass is 10.1. The van der Waals surface area contributed by atoms with E-state index in [4.69, 9.17) is 4.74 Å². The molecule has 6 nitrogen and oxygen atoms in total. The van der Waals surface area contributed by atoms with Crippen molar-refractivity contribution in [3.63, 3.8) is 0 Å². The Hall–Kier alpha value is -1.69. The van der Waals surface area contributed by atoms with Gasteiger partial charge in [-0.25, -0.2) is 4.98 Å². The number of fused-ring (bicyclic) bond motifs is 1. The van der Waals surface area contributed by atoms with E-state index < -0.39 is 0 Å². The van der Waals surface area contributed by atoms with Crippen molar-refractivity contribution in [3.8, 4) is 11.4 Å². The number of hydrogen-bond acceptors (Lipinski definition) is 4. The van der Waals surface area contributed by atoms with Crippen molar-refractivity contribution >= 4 is 0 Å². The predicted molar refractivity (Wildman–Crippen MR) is 56.4 cm³/mol. The van der Waals surface area contributed by atoms with Crippen molar-refractivity contribution in [3.05, 3.63) is 22.9 Å². The summed E-state index contributed by atoms with van der Waals surface area (Å²) >= 11 is 0. The van der Waals surface area contributed by atoms with E-state index in [1.165, 1.54) is 6.33 Å². The molecule has 0 aliphatic carbocycles. The molecule has 0 bridgehead atoms. The van der Waals surface area contributed by atoms with Crippen LogP contribution in [-0.2, 0) is 4.74 Å². The van der Waals surface area contributed by atoms with Crippen LogP contribution in [0.25, 0.3) is 11.4 Å². The normalized spacial score (nSPS) is 18.0. The molecule has 16 heavy (non-hydrogen) atoms.